The molecule has 0 aliphatic carbocycles. The highest BCUT2D eigenvalue weighted by molar-refractivity contribution is 6.39. The van der Waals surface area contributed by atoms with Gasteiger partial charge < -0.3 is 20.1 Å². The minimum Gasteiger partial charge on any atom is -0.492 e. The first-order chi connectivity index (χ1) is 11.2. The number of para-hydroxylation sites is 2. The Labute approximate surface area is 135 Å². The summed E-state index contributed by atoms with van der Waals surface area (Å²) in [4.78, 5) is 26.0. The number of morpholine rings is 1. The van der Waals surface area contributed by atoms with Crippen LogP contribution in [0, 0.1) is 0 Å². The van der Waals surface area contributed by atoms with Crippen molar-refractivity contribution in [1.29, 1.82) is 0 Å². The Hall–Kier alpha value is -2.12. The van der Waals surface area contributed by atoms with Gasteiger partial charge in [-0.2, -0.15) is 0 Å². The molecule has 0 radical (unpaired) electrons. The average molecular weight is 321 g/mol. The highest BCUT2D eigenvalue weighted by atomic mass is 16.5. The minimum absolute atomic E-state index is 0.430. The van der Waals surface area contributed by atoms with Gasteiger partial charge in [-0.3, -0.25) is 14.5 Å². The van der Waals surface area contributed by atoms with E-state index in [-0.39, 0.29) is 0 Å². The van der Waals surface area contributed by atoms with Crippen LogP contribution in [0.2, 0.25) is 0 Å². The summed E-state index contributed by atoms with van der Waals surface area (Å²) in [7, 11) is 0. The molecule has 7 nitrogen and oxygen atoms in total. The van der Waals surface area contributed by atoms with Gasteiger partial charge in [-0.25, -0.2) is 0 Å². The number of ether oxygens (including phenoxy) is 2. The van der Waals surface area contributed by atoms with Gasteiger partial charge in [-0.05, 0) is 19.1 Å². The fourth-order valence-corrected chi connectivity index (χ4v) is 2.26. The van der Waals surface area contributed by atoms with Crippen molar-refractivity contribution < 1.29 is 19.1 Å². The second-order valence-electron chi connectivity index (χ2n) is 5.09. The molecule has 0 aromatic heterocycles. The lowest BCUT2D eigenvalue weighted by atomic mass is 10.3. The Kier molecular flexibility index (Phi) is 6.83. The second kappa shape index (κ2) is 9.12. The topological polar surface area (TPSA) is 79.9 Å². The van der Waals surface area contributed by atoms with Gasteiger partial charge in [0.05, 0.1) is 25.5 Å². The molecule has 2 N–H and O–H groups in total. The number of hydrogen-bond acceptors (Lipinski definition) is 5. The SMILES string of the molecule is CCOc1ccccc1NC(=O)C(=O)NCCN1CCOCC1. The highest BCUT2D eigenvalue weighted by Crippen LogP contribution is 2.23. The number of carbonyl (C=O) groups is 2. The first-order valence-electron chi connectivity index (χ1n) is 7.82. The van der Waals surface area contributed by atoms with E-state index in [2.05, 4.69) is 15.5 Å². The molecule has 1 saturated heterocycles. The van der Waals surface area contributed by atoms with Gasteiger partial charge in [0.25, 0.3) is 0 Å². The van der Waals surface area contributed by atoms with Gasteiger partial charge in [-0.1, -0.05) is 12.1 Å². The first-order valence-corrected chi connectivity index (χ1v) is 7.82. The molecule has 0 spiro atoms. The molecule has 1 aromatic rings. The molecule has 2 amide bonds. The number of amides is 2. The van der Waals surface area contributed by atoms with E-state index < -0.39 is 11.8 Å². The Balaban J connectivity index is 1.77. The van der Waals surface area contributed by atoms with E-state index in [0.29, 0.717) is 44.3 Å². The average Bonchev–Trinajstić information content (AvgIpc) is 2.57. The van der Waals surface area contributed by atoms with Crippen LogP contribution in [-0.2, 0) is 14.3 Å². The lowest BCUT2D eigenvalue weighted by molar-refractivity contribution is -0.136. The molecule has 1 aliphatic heterocycles. The van der Waals surface area contributed by atoms with Crippen LogP contribution >= 0.6 is 0 Å². The van der Waals surface area contributed by atoms with Gasteiger partial charge in [0.15, 0.2) is 0 Å². The van der Waals surface area contributed by atoms with Crippen molar-refractivity contribution in [3.8, 4) is 5.75 Å². The summed E-state index contributed by atoms with van der Waals surface area (Å²) in [5, 5.41) is 5.20. The van der Waals surface area contributed by atoms with Crippen LogP contribution in [0.15, 0.2) is 24.3 Å². The summed E-state index contributed by atoms with van der Waals surface area (Å²) < 4.78 is 10.7. The molecule has 7 heteroatoms. The van der Waals surface area contributed by atoms with Crippen LogP contribution < -0.4 is 15.4 Å². The monoisotopic (exact) mass is 321 g/mol. The number of rotatable bonds is 6. The van der Waals surface area contributed by atoms with E-state index >= 15 is 0 Å². The lowest BCUT2D eigenvalue weighted by Gasteiger charge is -2.26. The number of anilines is 1. The van der Waals surface area contributed by atoms with Gasteiger partial charge in [0, 0.05) is 26.2 Å². The van der Waals surface area contributed by atoms with Crippen molar-refractivity contribution >= 4 is 17.5 Å². The summed E-state index contributed by atoms with van der Waals surface area (Å²) in [5.41, 5.74) is 0.489. The molecule has 1 heterocycles. The van der Waals surface area contributed by atoms with Gasteiger partial charge in [0.1, 0.15) is 5.75 Å². The standard InChI is InChI=1S/C16H23N3O4/c1-2-23-14-6-4-3-5-13(14)18-16(21)15(20)17-7-8-19-9-11-22-12-10-19/h3-6H,2,7-12H2,1H3,(H,17,20)(H,18,21). The summed E-state index contributed by atoms with van der Waals surface area (Å²) >= 11 is 0. The molecule has 23 heavy (non-hydrogen) atoms. The van der Waals surface area contributed by atoms with Crippen molar-refractivity contribution in [2.24, 2.45) is 0 Å². The quantitative estimate of drug-likeness (QED) is 0.745. The van der Waals surface area contributed by atoms with E-state index in [4.69, 9.17) is 9.47 Å². The maximum absolute atomic E-state index is 11.9. The van der Waals surface area contributed by atoms with Crippen LogP contribution in [0.4, 0.5) is 5.69 Å². The van der Waals surface area contributed by atoms with E-state index in [9.17, 15) is 9.59 Å². The first kappa shape index (κ1) is 17.2. The summed E-state index contributed by atoms with van der Waals surface area (Å²) in [5.74, 6) is -0.798. The summed E-state index contributed by atoms with van der Waals surface area (Å²) in [6.07, 6.45) is 0. The number of hydrogen-bond donors (Lipinski definition) is 2. The third-order valence-electron chi connectivity index (χ3n) is 3.46. The van der Waals surface area contributed by atoms with Crippen LogP contribution in [0.1, 0.15) is 6.92 Å². The third kappa shape index (κ3) is 5.54. The number of carbonyl (C=O) groups excluding carboxylic acids is 2. The van der Waals surface area contributed by atoms with Gasteiger partial charge in [0.2, 0.25) is 0 Å². The Morgan fingerprint density at radius 3 is 2.70 bits per heavy atom. The van der Waals surface area contributed by atoms with Crippen LogP contribution in [0.25, 0.3) is 0 Å². The number of benzene rings is 1. The molecule has 0 bridgehead atoms. The molecule has 1 aromatic carbocycles. The molecule has 0 atom stereocenters. The van der Waals surface area contributed by atoms with E-state index in [1.807, 2.05) is 13.0 Å². The smallest absolute Gasteiger partial charge is 0.313 e. The van der Waals surface area contributed by atoms with Gasteiger partial charge in [-0.15, -0.1) is 0 Å². The molecule has 1 aliphatic rings. The maximum Gasteiger partial charge on any atom is 0.313 e. The number of nitrogens with zero attached hydrogens (tertiary/aromatic N) is 1. The van der Waals surface area contributed by atoms with E-state index in [0.717, 1.165) is 13.1 Å². The Morgan fingerprint density at radius 1 is 1.22 bits per heavy atom. The van der Waals surface area contributed by atoms with Crippen molar-refractivity contribution in [2.75, 3.05) is 51.3 Å². The van der Waals surface area contributed by atoms with Crippen molar-refractivity contribution in [3.05, 3.63) is 24.3 Å². The van der Waals surface area contributed by atoms with Crippen LogP contribution in [0.3, 0.4) is 0 Å². The predicted octanol–water partition coefficient (Wildman–Crippen LogP) is 0.472. The van der Waals surface area contributed by atoms with Crippen LogP contribution in [-0.4, -0.2) is 62.7 Å². The largest absolute Gasteiger partial charge is 0.492 e. The molecular weight excluding hydrogens is 298 g/mol. The zero-order valence-electron chi connectivity index (χ0n) is 13.3. The normalized spacial score (nSPS) is 15.0. The molecule has 126 valence electrons. The van der Waals surface area contributed by atoms with Crippen molar-refractivity contribution in [2.45, 2.75) is 6.92 Å². The Bertz CT molecular complexity index is 530. The second-order valence-corrected chi connectivity index (χ2v) is 5.09. The predicted molar refractivity (Wildman–Crippen MR) is 86.5 cm³/mol. The Morgan fingerprint density at radius 2 is 1.96 bits per heavy atom. The summed E-state index contributed by atoms with van der Waals surface area (Å²) in [6.45, 7) is 6.60. The van der Waals surface area contributed by atoms with Crippen LogP contribution in [0.5, 0.6) is 5.75 Å². The summed E-state index contributed by atoms with van der Waals surface area (Å²) in [6, 6.07) is 7.02. The lowest BCUT2D eigenvalue weighted by Crippen LogP contribution is -2.43. The third-order valence-corrected chi connectivity index (χ3v) is 3.46. The minimum atomic E-state index is -0.695. The molecular formula is C16H23N3O4. The molecule has 1 fully saturated rings. The highest BCUT2D eigenvalue weighted by Gasteiger charge is 2.16. The van der Waals surface area contributed by atoms with Crippen molar-refractivity contribution in [1.82, 2.24) is 10.2 Å². The fourth-order valence-electron chi connectivity index (χ4n) is 2.26. The van der Waals surface area contributed by atoms with E-state index in [1.54, 1.807) is 18.2 Å². The zero-order valence-corrected chi connectivity index (χ0v) is 13.3. The fraction of sp³-hybridized carbons (Fsp3) is 0.500. The molecule has 0 unspecified atom stereocenters. The molecule has 0 saturated carbocycles. The zero-order chi connectivity index (χ0) is 16.5. The molecule has 2 rings (SSSR count). The number of nitrogens with one attached hydrogen (secondary N) is 2. The maximum atomic E-state index is 11.9. The van der Waals surface area contributed by atoms with E-state index in [1.165, 1.54) is 0 Å². The van der Waals surface area contributed by atoms with Gasteiger partial charge >= 0.3 is 11.8 Å². The van der Waals surface area contributed by atoms with Crippen molar-refractivity contribution in [3.63, 3.8) is 0 Å².